The van der Waals surface area contributed by atoms with E-state index < -0.39 is 23.7 Å². The summed E-state index contributed by atoms with van der Waals surface area (Å²) >= 11 is 0. The molecule has 0 saturated heterocycles. The van der Waals surface area contributed by atoms with Gasteiger partial charge in [-0.1, -0.05) is 24.3 Å². The molecule has 1 atom stereocenters. The van der Waals surface area contributed by atoms with E-state index in [1.54, 1.807) is 25.1 Å². The summed E-state index contributed by atoms with van der Waals surface area (Å²) < 4.78 is 20.9. The van der Waals surface area contributed by atoms with Gasteiger partial charge < -0.3 is 15.2 Å². The zero-order valence-corrected chi connectivity index (χ0v) is 16.6. The summed E-state index contributed by atoms with van der Waals surface area (Å²) in [6, 6.07) is 14.6. The fourth-order valence-electron chi connectivity index (χ4n) is 2.97. The van der Waals surface area contributed by atoms with Crippen LogP contribution < -0.4 is 10.1 Å². The number of carbonyl (C=O) groups excluding carboxylic acids is 1. The topological polar surface area (TPSA) is 117 Å². The Balaban J connectivity index is 1.91. The molecule has 3 rings (SSSR count). The van der Waals surface area contributed by atoms with Crippen molar-refractivity contribution in [2.45, 2.75) is 19.4 Å². The summed E-state index contributed by atoms with van der Waals surface area (Å²) in [5.74, 6) is -2.13. The normalized spacial score (nSPS) is 11.4. The summed E-state index contributed by atoms with van der Waals surface area (Å²) in [6.45, 7) is 2.01. The van der Waals surface area contributed by atoms with E-state index >= 15 is 0 Å². The van der Waals surface area contributed by atoms with E-state index in [1.165, 1.54) is 41.1 Å². The Morgan fingerprint density at radius 1 is 1.26 bits per heavy atom. The van der Waals surface area contributed by atoms with Gasteiger partial charge in [0.2, 0.25) is 5.88 Å². The number of aromatic nitrogens is 2. The number of amides is 1. The lowest BCUT2D eigenvalue weighted by molar-refractivity contribution is -0.137. The molecule has 1 amide bonds. The number of aliphatic carboxylic acids is 1. The summed E-state index contributed by atoms with van der Waals surface area (Å²) in [4.78, 5) is 24.1. The zero-order chi connectivity index (χ0) is 22.4. The first-order valence-electron chi connectivity index (χ1n) is 9.43. The summed E-state index contributed by atoms with van der Waals surface area (Å²) in [6.07, 6.45) is -0.371. The Hall–Kier alpha value is -4.19. The highest BCUT2D eigenvalue weighted by Crippen LogP contribution is 2.23. The highest BCUT2D eigenvalue weighted by Gasteiger charge is 2.23. The molecular weight excluding hydrogens is 403 g/mol. The van der Waals surface area contributed by atoms with Crippen LogP contribution in [0.15, 0.2) is 54.6 Å². The average Bonchev–Trinajstić information content (AvgIpc) is 3.17. The Kier molecular flexibility index (Phi) is 6.62. The number of nitrogens with one attached hydrogen (secondary N) is 1. The van der Waals surface area contributed by atoms with E-state index in [0.29, 0.717) is 11.1 Å². The third-order valence-corrected chi connectivity index (χ3v) is 4.41. The lowest BCUT2D eigenvalue weighted by atomic mass is 10.0. The van der Waals surface area contributed by atoms with Gasteiger partial charge in [-0.05, 0) is 36.8 Å². The molecule has 0 saturated carbocycles. The number of benzene rings is 2. The molecule has 0 aliphatic carbocycles. The van der Waals surface area contributed by atoms with Crippen molar-refractivity contribution >= 4 is 11.9 Å². The number of nitriles is 1. The van der Waals surface area contributed by atoms with Gasteiger partial charge in [0.25, 0.3) is 5.91 Å². The average molecular weight is 422 g/mol. The van der Waals surface area contributed by atoms with Gasteiger partial charge in [0.1, 0.15) is 11.5 Å². The summed E-state index contributed by atoms with van der Waals surface area (Å²) in [7, 11) is 0. The molecule has 0 bridgehead atoms. The fraction of sp³-hybridized carbons (Fsp3) is 0.182. The van der Waals surface area contributed by atoms with Crippen molar-refractivity contribution in [3.05, 3.63) is 77.2 Å². The van der Waals surface area contributed by atoms with Gasteiger partial charge in [-0.2, -0.15) is 15.0 Å². The molecule has 0 radical (unpaired) electrons. The molecular formula is C22H19FN4O4. The first-order chi connectivity index (χ1) is 14.9. The van der Waals surface area contributed by atoms with E-state index in [-0.39, 0.29) is 30.3 Å². The number of nitrogens with zero attached hydrogens (tertiary/aromatic N) is 3. The first-order valence-corrected chi connectivity index (χ1v) is 9.43. The second-order valence-corrected chi connectivity index (χ2v) is 6.52. The summed E-state index contributed by atoms with van der Waals surface area (Å²) in [5, 5.41) is 25.0. The van der Waals surface area contributed by atoms with Crippen LogP contribution >= 0.6 is 0 Å². The third-order valence-electron chi connectivity index (χ3n) is 4.41. The van der Waals surface area contributed by atoms with Gasteiger partial charge in [-0.3, -0.25) is 9.59 Å². The van der Waals surface area contributed by atoms with E-state index in [4.69, 9.17) is 10.00 Å². The van der Waals surface area contributed by atoms with Gasteiger partial charge in [-0.15, -0.1) is 0 Å². The van der Waals surface area contributed by atoms with Gasteiger partial charge in [0.15, 0.2) is 5.69 Å². The zero-order valence-electron chi connectivity index (χ0n) is 16.6. The Bertz CT molecular complexity index is 1140. The van der Waals surface area contributed by atoms with Crippen LogP contribution in [0.1, 0.15) is 41.0 Å². The van der Waals surface area contributed by atoms with Crippen molar-refractivity contribution in [1.29, 1.82) is 5.26 Å². The number of carboxylic acids is 1. The molecule has 2 aromatic carbocycles. The highest BCUT2D eigenvalue weighted by molar-refractivity contribution is 5.93. The molecule has 1 heterocycles. The molecule has 0 aliphatic heterocycles. The minimum atomic E-state index is -1.11. The van der Waals surface area contributed by atoms with E-state index in [0.717, 1.165) is 0 Å². The second kappa shape index (κ2) is 9.54. The molecule has 0 fully saturated rings. The van der Waals surface area contributed by atoms with Crippen LogP contribution in [0.25, 0.3) is 5.69 Å². The van der Waals surface area contributed by atoms with Gasteiger partial charge in [-0.25, -0.2) is 4.39 Å². The number of para-hydroxylation sites is 1. The van der Waals surface area contributed by atoms with Gasteiger partial charge in [0, 0.05) is 6.07 Å². The first kappa shape index (κ1) is 21.5. The number of hydrogen-bond donors (Lipinski definition) is 2. The van der Waals surface area contributed by atoms with Crippen LogP contribution in [0.5, 0.6) is 5.88 Å². The maximum Gasteiger partial charge on any atom is 0.305 e. The molecule has 0 unspecified atom stereocenters. The number of halogens is 1. The molecule has 8 nitrogen and oxygen atoms in total. The van der Waals surface area contributed by atoms with Crippen LogP contribution in [-0.4, -0.2) is 33.4 Å². The van der Waals surface area contributed by atoms with Gasteiger partial charge in [0.05, 0.1) is 30.7 Å². The number of ether oxygens (including phenoxy) is 1. The Morgan fingerprint density at radius 3 is 2.58 bits per heavy atom. The molecule has 9 heteroatoms. The Morgan fingerprint density at radius 2 is 1.97 bits per heavy atom. The minimum absolute atomic E-state index is 0.0595. The lowest BCUT2D eigenvalue weighted by Gasteiger charge is -2.16. The second-order valence-electron chi connectivity index (χ2n) is 6.52. The molecule has 0 aliphatic rings. The smallest absolute Gasteiger partial charge is 0.305 e. The molecule has 3 aromatic rings. The van der Waals surface area contributed by atoms with E-state index in [9.17, 15) is 19.1 Å². The predicted molar refractivity (Wildman–Crippen MR) is 108 cm³/mol. The van der Waals surface area contributed by atoms with E-state index in [1.807, 2.05) is 6.07 Å². The van der Waals surface area contributed by atoms with Crippen molar-refractivity contribution in [2.75, 3.05) is 6.61 Å². The van der Waals surface area contributed by atoms with Crippen LogP contribution in [0, 0.1) is 17.1 Å². The van der Waals surface area contributed by atoms with Crippen molar-refractivity contribution in [1.82, 2.24) is 15.1 Å². The molecule has 1 aromatic heterocycles. The fourth-order valence-corrected chi connectivity index (χ4v) is 2.97. The largest absolute Gasteiger partial charge is 0.481 e. The molecule has 158 valence electrons. The van der Waals surface area contributed by atoms with Gasteiger partial charge >= 0.3 is 5.97 Å². The number of carboxylic acid groups (broad SMARTS) is 1. The van der Waals surface area contributed by atoms with Crippen molar-refractivity contribution in [3.63, 3.8) is 0 Å². The molecule has 0 spiro atoms. The Labute approximate surface area is 177 Å². The lowest BCUT2D eigenvalue weighted by Crippen LogP contribution is -2.30. The highest BCUT2D eigenvalue weighted by atomic mass is 19.1. The number of rotatable bonds is 8. The summed E-state index contributed by atoms with van der Waals surface area (Å²) in [5.41, 5.74) is 0.984. The van der Waals surface area contributed by atoms with Crippen molar-refractivity contribution in [2.24, 2.45) is 0 Å². The van der Waals surface area contributed by atoms with Crippen LogP contribution in [0.3, 0.4) is 0 Å². The van der Waals surface area contributed by atoms with Crippen molar-refractivity contribution < 1.29 is 23.8 Å². The molecule has 2 N–H and O–H groups in total. The predicted octanol–water partition coefficient (Wildman–Crippen LogP) is 3.23. The maximum absolute atomic E-state index is 14.2. The molecule has 31 heavy (non-hydrogen) atoms. The number of carbonyl (C=O) groups is 2. The van der Waals surface area contributed by atoms with Crippen LogP contribution in [0.2, 0.25) is 0 Å². The quantitative estimate of drug-likeness (QED) is 0.576. The van der Waals surface area contributed by atoms with Crippen LogP contribution in [0.4, 0.5) is 4.39 Å². The number of hydrogen-bond acceptors (Lipinski definition) is 5. The monoisotopic (exact) mass is 422 g/mol. The maximum atomic E-state index is 14.2. The standard InChI is InChI=1S/C22H19FN4O4/c1-2-31-20-11-18(26-27(20)19-6-4-3-5-16(19)23)22(30)25-17(12-21(28)29)15-9-7-14(13-24)8-10-15/h3-11,17H,2,12H2,1H3,(H,25,30)(H,28,29)/t17-/m0/s1. The van der Waals surface area contributed by atoms with E-state index in [2.05, 4.69) is 10.4 Å². The SMILES string of the molecule is CCOc1cc(C(=O)N[C@@H](CC(=O)O)c2ccc(C#N)cc2)nn1-c1ccccc1F. The minimum Gasteiger partial charge on any atom is -0.481 e. The third kappa shape index (κ3) is 5.05. The van der Waals surface area contributed by atoms with Crippen LogP contribution in [-0.2, 0) is 4.79 Å². The van der Waals surface area contributed by atoms with Crippen molar-refractivity contribution in [3.8, 4) is 17.6 Å².